The van der Waals surface area contributed by atoms with Crippen LogP contribution in [0.5, 0.6) is 5.75 Å². The third-order valence-corrected chi connectivity index (χ3v) is 8.02. The molecule has 4 rings (SSSR count). The van der Waals surface area contributed by atoms with E-state index in [1.165, 1.54) is 88.3 Å². The fourth-order valence-corrected chi connectivity index (χ4v) is 6.27. The summed E-state index contributed by atoms with van der Waals surface area (Å²) in [5, 5.41) is 1.05. The smallest absolute Gasteiger partial charge is 0.191 e. The van der Waals surface area contributed by atoms with Gasteiger partial charge in [-0.1, -0.05) is 76.3 Å². The van der Waals surface area contributed by atoms with Crippen LogP contribution in [0.1, 0.15) is 89.0 Å². The summed E-state index contributed by atoms with van der Waals surface area (Å²) in [6.07, 6.45) is 16.3. The van der Waals surface area contributed by atoms with Crippen LogP contribution < -0.4 is 4.74 Å². The standard InChI is InChI=1S/C29H38F2O/c1-3-5-6-7-8-20-9-10-22-17-23(12-11-21(22)16-20)24-13-14-26-25(18-24)19-27(30)29(28(26)31)32-15-4-2/h4,13-14,18-23H,2-3,5-12,15-17H2,1H3/t20?,21-,22?,23-/m1/s1. The molecule has 2 aliphatic rings. The van der Waals surface area contributed by atoms with Gasteiger partial charge in [-0.2, -0.15) is 0 Å². The van der Waals surface area contributed by atoms with Crippen LogP contribution in [-0.4, -0.2) is 6.61 Å². The number of hydrogen-bond acceptors (Lipinski definition) is 1. The maximum Gasteiger partial charge on any atom is 0.191 e. The second kappa shape index (κ2) is 10.8. The summed E-state index contributed by atoms with van der Waals surface area (Å²) in [4.78, 5) is 0. The summed E-state index contributed by atoms with van der Waals surface area (Å²) in [5.41, 5.74) is 1.23. The molecule has 2 fully saturated rings. The third-order valence-electron chi connectivity index (χ3n) is 8.02. The molecule has 0 heterocycles. The Labute approximate surface area is 192 Å². The van der Waals surface area contributed by atoms with Crippen molar-refractivity contribution in [3.63, 3.8) is 0 Å². The number of rotatable bonds is 9. The van der Waals surface area contributed by atoms with E-state index < -0.39 is 11.6 Å². The van der Waals surface area contributed by atoms with Crippen molar-refractivity contribution in [1.29, 1.82) is 0 Å². The van der Waals surface area contributed by atoms with Gasteiger partial charge in [0.1, 0.15) is 6.61 Å². The molecule has 0 bridgehead atoms. The van der Waals surface area contributed by atoms with E-state index in [0.29, 0.717) is 16.7 Å². The van der Waals surface area contributed by atoms with E-state index in [9.17, 15) is 8.78 Å². The molecule has 3 heteroatoms. The summed E-state index contributed by atoms with van der Waals surface area (Å²) in [5.74, 6) is 1.58. The van der Waals surface area contributed by atoms with Gasteiger partial charge in [0, 0.05) is 5.39 Å². The largest absolute Gasteiger partial charge is 0.483 e. The zero-order valence-electron chi connectivity index (χ0n) is 19.6. The molecule has 0 radical (unpaired) electrons. The van der Waals surface area contributed by atoms with Gasteiger partial charge in [-0.15, -0.1) is 0 Å². The van der Waals surface area contributed by atoms with Crippen molar-refractivity contribution in [3.8, 4) is 5.75 Å². The fourth-order valence-electron chi connectivity index (χ4n) is 6.27. The van der Waals surface area contributed by atoms with Gasteiger partial charge in [-0.05, 0) is 72.8 Å². The Morgan fingerprint density at radius 3 is 2.62 bits per heavy atom. The highest BCUT2D eigenvalue weighted by atomic mass is 19.1. The van der Waals surface area contributed by atoms with Crippen LogP contribution in [0, 0.1) is 29.4 Å². The Kier molecular flexibility index (Phi) is 7.86. The maximum atomic E-state index is 14.8. The van der Waals surface area contributed by atoms with Gasteiger partial charge in [0.05, 0.1) is 0 Å². The van der Waals surface area contributed by atoms with Gasteiger partial charge in [-0.25, -0.2) is 8.78 Å². The molecule has 32 heavy (non-hydrogen) atoms. The van der Waals surface area contributed by atoms with Crippen LogP contribution in [0.3, 0.4) is 0 Å². The number of halogens is 2. The summed E-state index contributed by atoms with van der Waals surface area (Å²) < 4.78 is 34.5. The predicted octanol–water partition coefficient (Wildman–Crippen LogP) is 8.95. The molecule has 2 unspecified atom stereocenters. The molecule has 2 saturated carbocycles. The van der Waals surface area contributed by atoms with E-state index in [2.05, 4.69) is 13.5 Å². The molecular formula is C29H38F2O. The minimum atomic E-state index is -0.644. The lowest BCUT2D eigenvalue weighted by atomic mass is 9.63. The number of unbranched alkanes of at least 4 members (excludes halogenated alkanes) is 3. The molecule has 0 aromatic heterocycles. The van der Waals surface area contributed by atoms with Crippen LogP contribution in [-0.2, 0) is 0 Å². The highest BCUT2D eigenvalue weighted by Gasteiger charge is 2.35. The van der Waals surface area contributed by atoms with Gasteiger partial charge in [-0.3, -0.25) is 0 Å². The van der Waals surface area contributed by atoms with Gasteiger partial charge < -0.3 is 4.74 Å². The first-order valence-corrected chi connectivity index (χ1v) is 12.8. The second-order valence-electron chi connectivity index (χ2n) is 10.1. The van der Waals surface area contributed by atoms with Crippen LogP contribution in [0.4, 0.5) is 8.78 Å². The van der Waals surface area contributed by atoms with Gasteiger partial charge >= 0.3 is 0 Å². The average molecular weight is 441 g/mol. The van der Waals surface area contributed by atoms with E-state index >= 15 is 0 Å². The molecule has 2 aromatic rings. The molecule has 174 valence electrons. The normalized spacial score (nSPS) is 25.5. The van der Waals surface area contributed by atoms with Gasteiger partial charge in [0.25, 0.3) is 0 Å². The van der Waals surface area contributed by atoms with E-state index in [0.717, 1.165) is 17.8 Å². The van der Waals surface area contributed by atoms with Crippen molar-refractivity contribution < 1.29 is 13.5 Å². The van der Waals surface area contributed by atoms with E-state index in [1.54, 1.807) is 6.07 Å². The Hall–Kier alpha value is -1.90. The maximum absolute atomic E-state index is 14.8. The summed E-state index contributed by atoms with van der Waals surface area (Å²) in [7, 11) is 0. The highest BCUT2D eigenvalue weighted by molar-refractivity contribution is 5.85. The second-order valence-corrected chi connectivity index (χ2v) is 10.1. The Morgan fingerprint density at radius 2 is 1.81 bits per heavy atom. The molecule has 4 atom stereocenters. The lowest BCUT2D eigenvalue weighted by molar-refractivity contribution is 0.113. The Balaban J connectivity index is 1.41. The van der Waals surface area contributed by atoms with Crippen molar-refractivity contribution >= 4 is 10.8 Å². The first kappa shape index (κ1) is 23.3. The third kappa shape index (κ3) is 5.18. The van der Waals surface area contributed by atoms with Crippen LogP contribution in [0.2, 0.25) is 0 Å². The molecule has 1 nitrogen and oxygen atoms in total. The monoisotopic (exact) mass is 440 g/mol. The Bertz CT molecular complexity index is 921. The van der Waals surface area contributed by atoms with E-state index in [-0.39, 0.29) is 12.4 Å². The quantitative estimate of drug-likeness (QED) is 0.279. The Morgan fingerprint density at radius 1 is 1.00 bits per heavy atom. The molecule has 0 aliphatic heterocycles. The van der Waals surface area contributed by atoms with Crippen LogP contribution >= 0.6 is 0 Å². The highest BCUT2D eigenvalue weighted by Crippen LogP contribution is 2.48. The van der Waals surface area contributed by atoms with Crippen molar-refractivity contribution in [2.24, 2.45) is 17.8 Å². The molecule has 0 saturated heterocycles. The van der Waals surface area contributed by atoms with Crippen LogP contribution in [0.25, 0.3) is 10.8 Å². The summed E-state index contributed by atoms with van der Waals surface area (Å²) >= 11 is 0. The minimum Gasteiger partial charge on any atom is -0.483 e. The lowest BCUT2D eigenvalue weighted by Crippen LogP contribution is -2.30. The van der Waals surface area contributed by atoms with Crippen LogP contribution in [0.15, 0.2) is 36.9 Å². The average Bonchev–Trinajstić information content (AvgIpc) is 2.81. The lowest BCUT2D eigenvalue weighted by Gasteiger charge is -2.42. The summed E-state index contributed by atoms with van der Waals surface area (Å²) in [6.45, 7) is 5.91. The van der Waals surface area contributed by atoms with Crippen molar-refractivity contribution in [2.75, 3.05) is 6.61 Å². The number of benzene rings is 2. The number of fused-ring (bicyclic) bond motifs is 2. The first-order chi connectivity index (χ1) is 15.6. The zero-order chi connectivity index (χ0) is 22.5. The van der Waals surface area contributed by atoms with E-state index in [4.69, 9.17) is 4.74 Å². The SMILES string of the molecule is C=CCOc1c(F)cc2cc([C@@H]3CC[C@@H]4CC(CCCCCC)CCC4C3)ccc2c1F. The number of hydrogen-bond donors (Lipinski definition) is 0. The summed E-state index contributed by atoms with van der Waals surface area (Å²) in [6, 6.07) is 7.27. The number of ether oxygens (including phenoxy) is 1. The topological polar surface area (TPSA) is 9.23 Å². The molecule has 0 spiro atoms. The minimum absolute atomic E-state index is 0.0850. The van der Waals surface area contributed by atoms with Crippen molar-refractivity contribution in [2.45, 2.75) is 83.5 Å². The molecule has 2 aromatic carbocycles. The molecular weight excluding hydrogens is 402 g/mol. The van der Waals surface area contributed by atoms with Crippen molar-refractivity contribution in [3.05, 3.63) is 54.1 Å². The molecule has 2 aliphatic carbocycles. The first-order valence-electron chi connectivity index (χ1n) is 12.8. The fraction of sp³-hybridized carbons (Fsp3) is 0.586. The van der Waals surface area contributed by atoms with Gasteiger partial charge in [0.2, 0.25) is 0 Å². The van der Waals surface area contributed by atoms with Crippen molar-refractivity contribution in [1.82, 2.24) is 0 Å². The predicted molar refractivity (Wildman–Crippen MR) is 129 cm³/mol. The molecule has 0 N–H and O–H groups in total. The van der Waals surface area contributed by atoms with E-state index in [1.807, 2.05) is 12.1 Å². The zero-order valence-corrected chi connectivity index (χ0v) is 19.6. The van der Waals surface area contributed by atoms with Gasteiger partial charge in [0.15, 0.2) is 17.4 Å². The molecule has 0 amide bonds.